The number of para-hydroxylation sites is 1. The van der Waals surface area contributed by atoms with Gasteiger partial charge in [-0.25, -0.2) is 9.97 Å². The Morgan fingerprint density at radius 3 is 2.49 bits per heavy atom. The van der Waals surface area contributed by atoms with Crippen LogP contribution in [0.1, 0.15) is 5.56 Å². The first-order valence-corrected chi connectivity index (χ1v) is 11.6. The molecule has 0 fully saturated rings. The van der Waals surface area contributed by atoms with E-state index in [1.807, 2.05) is 60.7 Å². The first kappa shape index (κ1) is 20.8. The standard InChI is InChI=1S/C27H17N5O2S/c1-34-18-12-10-16(11-13-18)22-21-24(30-20-9-5-6-14-32(20)27(21)33)25-23(31-22)19(15-28)26(35-25)29-17-7-3-2-4-8-17/h2-14,29H,1H3. The maximum Gasteiger partial charge on any atom is 0.268 e. The highest BCUT2D eigenvalue weighted by atomic mass is 32.1. The minimum absolute atomic E-state index is 0.213. The molecule has 0 aliphatic rings. The van der Waals surface area contributed by atoms with Crippen molar-refractivity contribution in [1.29, 1.82) is 5.26 Å². The molecule has 2 aromatic carbocycles. The number of ether oxygens (including phenoxy) is 1. The Hall–Kier alpha value is -4.74. The molecule has 7 nitrogen and oxygen atoms in total. The number of thiophene rings is 1. The highest BCUT2D eigenvalue weighted by Gasteiger charge is 2.22. The molecule has 0 aliphatic carbocycles. The van der Waals surface area contributed by atoms with Gasteiger partial charge in [-0.2, -0.15) is 5.26 Å². The Morgan fingerprint density at radius 1 is 0.971 bits per heavy atom. The quantitative estimate of drug-likeness (QED) is 0.327. The molecule has 6 aromatic rings. The summed E-state index contributed by atoms with van der Waals surface area (Å²) in [5, 5.41) is 14.5. The molecule has 0 amide bonds. The van der Waals surface area contributed by atoms with Gasteiger partial charge in [0.1, 0.15) is 33.5 Å². The highest BCUT2D eigenvalue weighted by molar-refractivity contribution is 7.24. The fraction of sp³-hybridized carbons (Fsp3) is 0.0370. The number of hydrogen-bond donors (Lipinski definition) is 1. The van der Waals surface area contributed by atoms with Gasteiger partial charge in [0.15, 0.2) is 0 Å². The Kier molecular flexibility index (Phi) is 4.90. The Morgan fingerprint density at radius 2 is 1.74 bits per heavy atom. The van der Waals surface area contributed by atoms with Gasteiger partial charge in [-0.05, 0) is 48.5 Å². The van der Waals surface area contributed by atoms with Crippen molar-refractivity contribution in [2.75, 3.05) is 12.4 Å². The van der Waals surface area contributed by atoms with Crippen LogP contribution in [0.5, 0.6) is 5.75 Å². The number of nitriles is 1. The van der Waals surface area contributed by atoms with Gasteiger partial charge in [0.25, 0.3) is 5.56 Å². The number of pyridine rings is 2. The number of nitrogens with one attached hydrogen (secondary N) is 1. The monoisotopic (exact) mass is 475 g/mol. The van der Waals surface area contributed by atoms with Gasteiger partial charge >= 0.3 is 0 Å². The predicted octanol–water partition coefficient (Wildman–Crippen LogP) is 5.75. The summed E-state index contributed by atoms with van der Waals surface area (Å²) < 4.78 is 7.50. The third kappa shape index (κ3) is 3.38. The van der Waals surface area contributed by atoms with Gasteiger partial charge in [-0.15, -0.1) is 11.3 Å². The van der Waals surface area contributed by atoms with Crippen LogP contribution in [0.15, 0.2) is 83.8 Å². The summed E-state index contributed by atoms with van der Waals surface area (Å²) in [6, 6.07) is 24.7. The minimum atomic E-state index is -0.213. The fourth-order valence-electron chi connectivity index (χ4n) is 4.13. The third-order valence-corrected chi connectivity index (χ3v) is 6.90. The summed E-state index contributed by atoms with van der Waals surface area (Å²) in [5.41, 5.74) is 3.85. The Bertz CT molecular complexity index is 1830. The van der Waals surface area contributed by atoms with Crippen LogP contribution >= 0.6 is 11.3 Å². The molecule has 0 radical (unpaired) electrons. The van der Waals surface area contributed by atoms with Crippen molar-refractivity contribution < 1.29 is 4.74 Å². The lowest BCUT2D eigenvalue weighted by Gasteiger charge is -2.09. The van der Waals surface area contributed by atoms with Gasteiger partial charge < -0.3 is 10.1 Å². The fourth-order valence-corrected chi connectivity index (χ4v) is 5.23. The normalized spacial score (nSPS) is 11.1. The lowest BCUT2D eigenvalue weighted by Crippen LogP contribution is -2.16. The van der Waals surface area contributed by atoms with E-state index in [1.165, 1.54) is 15.7 Å². The van der Waals surface area contributed by atoms with E-state index in [9.17, 15) is 10.1 Å². The van der Waals surface area contributed by atoms with Gasteiger partial charge in [0.05, 0.1) is 28.4 Å². The van der Waals surface area contributed by atoms with E-state index >= 15 is 0 Å². The number of methoxy groups -OCH3 is 1. The van der Waals surface area contributed by atoms with E-state index in [2.05, 4.69) is 11.4 Å². The van der Waals surface area contributed by atoms with Crippen molar-refractivity contribution in [1.82, 2.24) is 14.4 Å². The van der Waals surface area contributed by atoms with Crippen molar-refractivity contribution >= 4 is 48.8 Å². The zero-order valence-electron chi connectivity index (χ0n) is 18.5. The maximum atomic E-state index is 13.7. The molecular formula is C27H17N5O2S. The molecule has 0 saturated carbocycles. The number of nitrogens with zero attached hydrogens (tertiary/aromatic N) is 4. The van der Waals surface area contributed by atoms with Crippen LogP contribution in [0.4, 0.5) is 10.7 Å². The van der Waals surface area contributed by atoms with Crippen LogP contribution in [0.25, 0.3) is 38.0 Å². The second-order valence-electron chi connectivity index (χ2n) is 7.85. The molecule has 6 rings (SSSR count). The molecule has 0 atom stereocenters. The number of fused-ring (bicyclic) bond motifs is 4. The smallest absolute Gasteiger partial charge is 0.268 e. The first-order chi connectivity index (χ1) is 17.2. The largest absolute Gasteiger partial charge is 0.497 e. The number of anilines is 2. The van der Waals surface area contributed by atoms with Gasteiger partial charge in [-0.3, -0.25) is 9.20 Å². The second kappa shape index (κ2) is 8.24. The van der Waals surface area contributed by atoms with Crippen molar-refractivity contribution in [3.63, 3.8) is 0 Å². The van der Waals surface area contributed by atoms with Crippen LogP contribution in [0, 0.1) is 11.3 Å². The summed E-state index contributed by atoms with van der Waals surface area (Å²) in [6.07, 6.45) is 1.70. The van der Waals surface area contributed by atoms with Gasteiger partial charge in [-0.1, -0.05) is 24.3 Å². The first-order valence-electron chi connectivity index (χ1n) is 10.8. The SMILES string of the molecule is COc1ccc(-c2nc3c(C#N)c(Nc4ccccc4)sc3c3nc4ccccn4c(=O)c23)cc1. The molecule has 8 heteroatoms. The zero-order chi connectivity index (χ0) is 23.9. The summed E-state index contributed by atoms with van der Waals surface area (Å²) in [7, 11) is 1.60. The predicted molar refractivity (Wildman–Crippen MR) is 139 cm³/mol. The molecular weight excluding hydrogens is 458 g/mol. The van der Waals surface area contributed by atoms with Crippen LogP contribution in [-0.2, 0) is 0 Å². The summed E-state index contributed by atoms with van der Waals surface area (Å²) in [6.45, 7) is 0. The molecule has 4 aromatic heterocycles. The van der Waals surface area contributed by atoms with E-state index in [4.69, 9.17) is 14.7 Å². The summed E-state index contributed by atoms with van der Waals surface area (Å²) in [5.74, 6) is 0.696. The number of aromatic nitrogens is 3. The topological polar surface area (TPSA) is 92.3 Å². The van der Waals surface area contributed by atoms with E-state index in [-0.39, 0.29) is 5.56 Å². The molecule has 0 saturated heterocycles. The third-order valence-electron chi connectivity index (χ3n) is 5.80. The van der Waals surface area contributed by atoms with Crippen LogP contribution in [0.2, 0.25) is 0 Å². The van der Waals surface area contributed by atoms with E-state index in [0.717, 1.165) is 11.3 Å². The van der Waals surface area contributed by atoms with Gasteiger partial charge in [0.2, 0.25) is 0 Å². The van der Waals surface area contributed by atoms with E-state index in [1.54, 1.807) is 25.4 Å². The summed E-state index contributed by atoms with van der Waals surface area (Å²) >= 11 is 1.37. The zero-order valence-corrected chi connectivity index (χ0v) is 19.3. The Labute approximate surface area is 203 Å². The average Bonchev–Trinajstić information content (AvgIpc) is 3.26. The van der Waals surface area contributed by atoms with E-state index in [0.29, 0.717) is 48.8 Å². The average molecular weight is 476 g/mol. The molecule has 0 spiro atoms. The van der Waals surface area contributed by atoms with Crippen LogP contribution in [0.3, 0.4) is 0 Å². The number of rotatable bonds is 4. The van der Waals surface area contributed by atoms with E-state index < -0.39 is 0 Å². The highest BCUT2D eigenvalue weighted by Crippen LogP contribution is 2.41. The lowest BCUT2D eigenvalue weighted by molar-refractivity contribution is 0.415. The van der Waals surface area contributed by atoms with Crippen molar-refractivity contribution in [2.24, 2.45) is 0 Å². The molecule has 0 bridgehead atoms. The molecule has 0 unspecified atom stereocenters. The molecule has 35 heavy (non-hydrogen) atoms. The van der Waals surface area contributed by atoms with Crippen molar-refractivity contribution in [2.45, 2.75) is 0 Å². The summed E-state index contributed by atoms with van der Waals surface area (Å²) in [4.78, 5) is 23.4. The molecule has 168 valence electrons. The molecule has 0 aliphatic heterocycles. The van der Waals surface area contributed by atoms with Crippen LogP contribution in [-0.4, -0.2) is 21.5 Å². The molecule has 1 N–H and O–H groups in total. The van der Waals surface area contributed by atoms with Crippen LogP contribution < -0.4 is 15.6 Å². The van der Waals surface area contributed by atoms with Crippen molar-refractivity contribution in [3.05, 3.63) is 94.9 Å². The minimum Gasteiger partial charge on any atom is -0.497 e. The second-order valence-corrected chi connectivity index (χ2v) is 8.87. The molecule has 4 heterocycles. The van der Waals surface area contributed by atoms with Gasteiger partial charge in [0, 0.05) is 17.4 Å². The Balaban J connectivity index is 1.73. The lowest BCUT2D eigenvalue weighted by atomic mass is 10.1. The number of hydrogen-bond acceptors (Lipinski definition) is 7. The number of benzene rings is 2. The maximum absolute atomic E-state index is 13.7. The van der Waals surface area contributed by atoms with Crippen molar-refractivity contribution in [3.8, 4) is 23.1 Å².